The van der Waals surface area contributed by atoms with E-state index in [0.717, 1.165) is 11.2 Å². The Morgan fingerprint density at radius 2 is 1.63 bits per heavy atom. The highest BCUT2D eigenvalue weighted by Crippen LogP contribution is 2.22. The Kier molecular flexibility index (Phi) is 4.78. The topological polar surface area (TPSA) is 68.5 Å². The standard InChI is InChI=1S/C21H18N4O2/c26-21(22-15-19-24-23-18-13-7-8-14-25(18)19)20(16-9-3-1-4-10-16)27-17-11-5-2-6-12-17/h1-14,20H,15H2,(H,22,26). The number of rotatable bonds is 6. The fourth-order valence-electron chi connectivity index (χ4n) is 2.81. The van der Waals surface area contributed by atoms with E-state index in [9.17, 15) is 4.79 Å². The quantitative estimate of drug-likeness (QED) is 0.575. The van der Waals surface area contributed by atoms with Gasteiger partial charge in [-0.05, 0) is 24.3 Å². The number of ether oxygens (including phenoxy) is 1. The van der Waals surface area contributed by atoms with Gasteiger partial charge in [-0.15, -0.1) is 10.2 Å². The molecular weight excluding hydrogens is 340 g/mol. The number of amides is 1. The van der Waals surface area contributed by atoms with Crippen LogP contribution in [0.3, 0.4) is 0 Å². The summed E-state index contributed by atoms with van der Waals surface area (Å²) in [5, 5.41) is 11.1. The summed E-state index contributed by atoms with van der Waals surface area (Å²) in [6, 6.07) is 24.4. The lowest BCUT2D eigenvalue weighted by atomic mass is 10.1. The molecule has 1 amide bonds. The number of aromatic nitrogens is 3. The zero-order chi connectivity index (χ0) is 18.5. The van der Waals surface area contributed by atoms with Gasteiger partial charge in [0.1, 0.15) is 5.75 Å². The van der Waals surface area contributed by atoms with Gasteiger partial charge < -0.3 is 10.1 Å². The molecule has 0 bridgehead atoms. The molecule has 2 aromatic carbocycles. The van der Waals surface area contributed by atoms with Crippen LogP contribution in [0, 0.1) is 0 Å². The minimum absolute atomic E-state index is 0.238. The Bertz CT molecular complexity index is 1030. The number of pyridine rings is 1. The number of nitrogens with zero attached hydrogens (tertiary/aromatic N) is 3. The fourth-order valence-corrected chi connectivity index (χ4v) is 2.81. The first-order chi connectivity index (χ1) is 13.3. The number of fused-ring (bicyclic) bond motifs is 1. The van der Waals surface area contributed by atoms with Crippen molar-refractivity contribution in [3.63, 3.8) is 0 Å². The van der Waals surface area contributed by atoms with Crippen LogP contribution < -0.4 is 10.1 Å². The van der Waals surface area contributed by atoms with Crippen molar-refractivity contribution >= 4 is 11.6 Å². The van der Waals surface area contributed by atoms with Crippen molar-refractivity contribution in [1.82, 2.24) is 19.9 Å². The van der Waals surface area contributed by atoms with Crippen LogP contribution in [0.4, 0.5) is 0 Å². The van der Waals surface area contributed by atoms with Crippen molar-refractivity contribution in [3.05, 3.63) is 96.4 Å². The van der Waals surface area contributed by atoms with E-state index in [-0.39, 0.29) is 12.5 Å². The highest BCUT2D eigenvalue weighted by Gasteiger charge is 2.23. The maximum Gasteiger partial charge on any atom is 0.266 e. The number of carbonyl (C=O) groups is 1. The Labute approximate surface area is 156 Å². The highest BCUT2D eigenvalue weighted by atomic mass is 16.5. The van der Waals surface area contributed by atoms with Gasteiger partial charge in [-0.25, -0.2) is 0 Å². The third kappa shape index (κ3) is 3.79. The van der Waals surface area contributed by atoms with E-state index in [1.54, 1.807) is 0 Å². The predicted molar refractivity (Wildman–Crippen MR) is 101 cm³/mol. The fraction of sp³-hybridized carbons (Fsp3) is 0.0952. The van der Waals surface area contributed by atoms with Crippen molar-refractivity contribution in [2.24, 2.45) is 0 Å². The summed E-state index contributed by atoms with van der Waals surface area (Å²) >= 11 is 0. The molecule has 4 aromatic rings. The zero-order valence-corrected chi connectivity index (χ0v) is 14.5. The van der Waals surface area contributed by atoms with Crippen LogP contribution in [0.15, 0.2) is 85.1 Å². The molecule has 6 nitrogen and oxygen atoms in total. The molecule has 0 fully saturated rings. The lowest BCUT2D eigenvalue weighted by molar-refractivity contribution is -0.128. The molecule has 0 radical (unpaired) electrons. The first-order valence-corrected chi connectivity index (χ1v) is 8.64. The SMILES string of the molecule is O=C(NCc1nnc2ccccn12)C(Oc1ccccc1)c1ccccc1. The second kappa shape index (κ2) is 7.70. The molecule has 0 saturated carbocycles. The van der Waals surface area contributed by atoms with E-state index >= 15 is 0 Å². The smallest absolute Gasteiger partial charge is 0.266 e. The third-order valence-corrected chi connectivity index (χ3v) is 4.14. The van der Waals surface area contributed by atoms with E-state index in [4.69, 9.17) is 4.74 Å². The zero-order valence-electron chi connectivity index (χ0n) is 14.5. The van der Waals surface area contributed by atoms with Gasteiger partial charge in [0.25, 0.3) is 5.91 Å². The highest BCUT2D eigenvalue weighted by molar-refractivity contribution is 5.82. The molecular formula is C21H18N4O2. The number of nitrogens with one attached hydrogen (secondary N) is 1. The van der Waals surface area contributed by atoms with Crippen molar-refractivity contribution in [3.8, 4) is 5.75 Å². The van der Waals surface area contributed by atoms with Crippen LogP contribution in [-0.2, 0) is 11.3 Å². The summed E-state index contributed by atoms with van der Waals surface area (Å²) in [7, 11) is 0. The number of hydrogen-bond donors (Lipinski definition) is 1. The lowest BCUT2D eigenvalue weighted by Crippen LogP contribution is -2.32. The van der Waals surface area contributed by atoms with Crippen LogP contribution in [0.5, 0.6) is 5.75 Å². The monoisotopic (exact) mass is 358 g/mol. The molecule has 6 heteroatoms. The van der Waals surface area contributed by atoms with E-state index in [1.807, 2.05) is 89.5 Å². The van der Waals surface area contributed by atoms with Crippen LogP contribution in [0.1, 0.15) is 17.5 Å². The van der Waals surface area contributed by atoms with Gasteiger partial charge in [0.05, 0.1) is 6.54 Å². The van der Waals surface area contributed by atoms with Crippen molar-refractivity contribution in [2.75, 3.05) is 0 Å². The molecule has 0 aliphatic heterocycles. The Hall–Kier alpha value is -3.67. The van der Waals surface area contributed by atoms with Crippen LogP contribution in [-0.4, -0.2) is 20.5 Å². The van der Waals surface area contributed by atoms with Gasteiger partial charge in [0.2, 0.25) is 6.10 Å². The second-order valence-electron chi connectivity index (χ2n) is 5.98. The third-order valence-electron chi connectivity index (χ3n) is 4.14. The normalized spacial score (nSPS) is 11.9. The first kappa shape index (κ1) is 16.8. The number of carbonyl (C=O) groups excluding carboxylic acids is 1. The van der Waals surface area contributed by atoms with Crippen LogP contribution in [0.25, 0.3) is 5.65 Å². The van der Waals surface area contributed by atoms with Crippen molar-refractivity contribution in [1.29, 1.82) is 0 Å². The van der Waals surface area contributed by atoms with Gasteiger partial charge in [0.15, 0.2) is 11.5 Å². The largest absolute Gasteiger partial charge is 0.476 e. The number of para-hydroxylation sites is 1. The van der Waals surface area contributed by atoms with Gasteiger partial charge in [-0.1, -0.05) is 54.6 Å². The molecule has 1 atom stereocenters. The summed E-state index contributed by atoms with van der Waals surface area (Å²) in [5.41, 5.74) is 1.52. The number of benzene rings is 2. The second-order valence-corrected chi connectivity index (χ2v) is 5.98. The molecule has 27 heavy (non-hydrogen) atoms. The maximum atomic E-state index is 12.9. The van der Waals surface area contributed by atoms with Crippen LogP contribution in [0.2, 0.25) is 0 Å². The molecule has 0 spiro atoms. The van der Waals surface area contributed by atoms with E-state index in [0.29, 0.717) is 11.6 Å². The molecule has 2 heterocycles. The lowest BCUT2D eigenvalue weighted by Gasteiger charge is -2.19. The summed E-state index contributed by atoms with van der Waals surface area (Å²) in [6.45, 7) is 0.255. The molecule has 0 aliphatic carbocycles. The Balaban J connectivity index is 1.53. The van der Waals surface area contributed by atoms with E-state index in [1.165, 1.54) is 0 Å². The van der Waals surface area contributed by atoms with Gasteiger partial charge in [-0.3, -0.25) is 9.20 Å². The maximum absolute atomic E-state index is 12.9. The molecule has 1 N–H and O–H groups in total. The average Bonchev–Trinajstić information content (AvgIpc) is 3.15. The predicted octanol–water partition coefficient (Wildman–Crippen LogP) is 3.17. The van der Waals surface area contributed by atoms with Crippen LogP contribution >= 0.6 is 0 Å². The van der Waals surface area contributed by atoms with Crippen molar-refractivity contribution < 1.29 is 9.53 Å². The molecule has 1 unspecified atom stereocenters. The van der Waals surface area contributed by atoms with Crippen molar-refractivity contribution in [2.45, 2.75) is 12.6 Å². The Morgan fingerprint density at radius 3 is 2.41 bits per heavy atom. The number of hydrogen-bond acceptors (Lipinski definition) is 4. The summed E-state index contributed by atoms with van der Waals surface area (Å²) in [5.74, 6) is 1.05. The summed E-state index contributed by atoms with van der Waals surface area (Å²) in [6.07, 6.45) is 1.11. The Morgan fingerprint density at radius 1 is 0.926 bits per heavy atom. The molecule has 2 aromatic heterocycles. The first-order valence-electron chi connectivity index (χ1n) is 8.64. The van der Waals surface area contributed by atoms with E-state index in [2.05, 4.69) is 15.5 Å². The van der Waals surface area contributed by atoms with Gasteiger partial charge in [0, 0.05) is 11.8 Å². The molecule has 0 aliphatic rings. The minimum Gasteiger partial charge on any atom is -0.476 e. The average molecular weight is 358 g/mol. The van der Waals surface area contributed by atoms with E-state index < -0.39 is 6.10 Å². The summed E-state index contributed by atoms with van der Waals surface area (Å²) < 4.78 is 7.81. The molecule has 134 valence electrons. The summed E-state index contributed by atoms with van der Waals surface area (Å²) in [4.78, 5) is 12.9. The van der Waals surface area contributed by atoms with Gasteiger partial charge >= 0.3 is 0 Å². The molecule has 0 saturated heterocycles. The van der Waals surface area contributed by atoms with Gasteiger partial charge in [-0.2, -0.15) is 0 Å². The minimum atomic E-state index is -0.757. The molecule has 4 rings (SSSR count).